The Morgan fingerprint density at radius 3 is 2.33 bits per heavy atom. The summed E-state index contributed by atoms with van der Waals surface area (Å²) in [6, 6.07) is 12.2. The van der Waals surface area contributed by atoms with E-state index in [9.17, 15) is 14.4 Å². The van der Waals surface area contributed by atoms with Crippen molar-refractivity contribution in [3.63, 3.8) is 0 Å². The average Bonchev–Trinajstić information content (AvgIpc) is 3.92. The van der Waals surface area contributed by atoms with Crippen molar-refractivity contribution in [2.45, 2.75) is 115 Å². The summed E-state index contributed by atoms with van der Waals surface area (Å²) in [5.41, 5.74) is 13.2. The molecular weight excluding hydrogens is 797 g/mol. The first kappa shape index (κ1) is 42.4. The van der Waals surface area contributed by atoms with Gasteiger partial charge in [0.05, 0.1) is 16.6 Å². The van der Waals surface area contributed by atoms with E-state index in [-0.39, 0.29) is 29.8 Å². The smallest absolute Gasteiger partial charge is 0.249 e. The molecule has 0 bridgehead atoms. The van der Waals surface area contributed by atoms with Crippen LogP contribution >= 0.6 is 0 Å². The number of hydrogen-bond acceptors (Lipinski definition) is 13. The topological polar surface area (TPSA) is 194 Å². The van der Waals surface area contributed by atoms with Crippen LogP contribution in [-0.2, 0) is 14.4 Å². The molecule has 16 heteroatoms. The largest absolute Gasteiger partial charge is 0.383 e. The molecule has 4 aromatic heterocycles. The normalized spacial score (nSPS) is 19.0. The Hall–Kier alpha value is -5.90. The van der Waals surface area contributed by atoms with Gasteiger partial charge in [-0.2, -0.15) is 5.10 Å². The van der Waals surface area contributed by atoms with Gasteiger partial charge < -0.3 is 25.4 Å². The number of aromatic nitrogens is 6. The number of pyridine rings is 1. The molecule has 1 aliphatic carbocycles. The van der Waals surface area contributed by atoms with E-state index in [4.69, 9.17) is 20.3 Å². The van der Waals surface area contributed by atoms with Gasteiger partial charge in [0.15, 0.2) is 5.65 Å². The Balaban J connectivity index is 0.680. The molecule has 1 aromatic carbocycles. The van der Waals surface area contributed by atoms with Crippen molar-refractivity contribution >= 4 is 45.9 Å². The number of imide groups is 1. The summed E-state index contributed by atoms with van der Waals surface area (Å²) in [5.74, 6) is 1.70. The van der Waals surface area contributed by atoms with Gasteiger partial charge in [-0.05, 0) is 107 Å². The lowest BCUT2D eigenvalue weighted by Crippen LogP contribution is -2.47. The van der Waals surface area contributed by atoms with Crippen molar-refractivity contribution < 1.29 is 18.9 Å². The number of nitrogens with one attached hydrogen (secondary N) is 2. The molecule has 1 saturated carbocycles. The van der Waals surface area contributed by atoms with Crippen LogP contribution in [0.2, 0.25) is 0 Å². The van der Waals surface area contributed by atoms with E-state index in [0.717, 1.165) is 113 Å². The van der Waals surface area contributed by atoms with Crippen molar-refractivity contribution in [3.05, 3.63) is 60.2 Å². The van der Waals surface area contributed by atoms with Crippen LogP contribution < -0.4 is 21.3 Å². The molecule has 9 rings (SSSR count). The number of amides is 3. The lowest BCUT2D eigenvalue weighted by molar-refractivity contribution is -0.134. The fourth-order valence-corrected chi connectivity index (χ4v) is 9.44. The molecule has 3 amide bonds. The molecular formula is C47H60N12O4. The third-order valence-corrected chi connectivity index (χ3v) is 13.3. The maximum Gasteiger partial charge on any atom is 0.249 e. The number of likely N-dealkylation sites (tertiary alicyclic amines) is 1. The fraction of sp³-hybridized carbons (Fsp3) is 0.532. The third-order valence-electron chi connectivity index (χ3n) is 13.3. The summed E-state index contributed by atoms with van der Waals surface area (Å²) in [7, 11) is 0. The van der Waals surface area contributed by atoms with Crippen LogP contribution in [0.5, 0.6) is 0 Å². The summed E-state index contributed by atoms with van der Waals surface area (Å²) in [5, 5.41) is 15.8. The molecule has 3 saturated heterocycles. The number of nitrogens with zero attached hydrogens (tertiary/aromatic N) is 9. The molecule has 16 nitrogen and oxygen atoms in total. The van der Waals surface area contributed by atoms with Crippen LogP contribution in [0.4, 0.5) is 17.2 Å². The Labute approximate surface area is 368 Å². The maximum atomic E-state index is 13.2. The van der Waals surface area contributed by atoms with E-state index < -0.39 is 0 Å². The number of nitrogen functional groups attached to an aromatic ring is 1. The highest BCUT2D eigenvalue weighted by Gasteiger charge is 2.36. The van der Waals surface area contributed by atoms with Crippen LogP contribution in [0, 0.1) is 0 Å². The summed E-state index contributed by atoms with van der Waals surface area (Å²) in [4.78, 5) is 57.5. The maximum absolute atomic E-state index is 13.2. The first-order valence-electron chi connectivity index (χ1n) is 23.1. The number of hydrogen-bond donors (Lipinski definition) is 3. The number of piperazine rings is 1. The second kappa shape index (κ2) is 18.8. The summed E-state index contributed by atoms with van der Waals surface area (Å²) >= 11 is 0. The van der Waals surface area contributed by atoms with Gasteiger partial charge in [0.25, 0.3) is 0 Å². The second-order valence-electron chi connectivity index (χ2n) is 18.1. The van der Waals surface area contributed by atoms with Crippen molar-refractivity contribution in [1.82, 2.24) is 45.0 Å². The number of unbranched alkanes of at least 4 members (excludes halogenated alkanes) is 4. The first-order valence-corrected chi connectivity index (χ1v) is 23.1. The minimum Gasteiger partial charge on any atom is -0.383 e. The van der Waals surface area contributed by atoms with Crippen LogP contribution in [0.15, 0.2) is 53.4 Å². The number of fused-ring (bicyclic) bond motifs is 1. The number of anilines is 3. The molecule has 4 aliphatic rings. The Morgan fingerprint density at radius 2 is 1.62 bits per heavy atom. The van der Waals surface area contributed by atoms with Crippen LogP contribution in [0.3, 0.4) is 0 Å². The van der Waals surface area contributed by atoms with E-state index in [2.05, 4.69) is 78.6 Å². The highest BCUT2D eigenvalue weighted by atomic mass is 16.5. The molecule has 7 heterocycles. The molecule has 4 fully saturated rings. The molecule has 3 aliphatic heterocycles. The zero-order valence-electron chi connectivity index (χ0n) is 36.6. The Kier molecular flexibility index (Phi) is 12.7. The quantitative estimate of drug-likeness (QED) is 0.0705. The second-order valence-corrected chi connectivity index (χ2v) is 18.1. The van der Waals surface area contributed by atoms with Gasteiger partial charge >= 0.3 is 0 Å². The SMILES string of the molecule is CC(C)n1nc(-c2noc(C3CC3)c2-c2ccc(C3CCN(C(=O)CCCCCCCN4CCN(c5ccc(NC6CCC(=O)NC6=O)cc5)CC4)CC3)cn2)c2c(N)ncnc21. The predicted molar refractivity (Wildman–Crippen MR) is 242 cm³/mol. The number of nitrogens with two attached hydrogens (primary N) is 1. The van der Waals surface area contributed by atoms with Gasteiger partial charge in [-0.25, -0.2) is 14.6 Å². The van der Waals surface area contributed by atoms with Gasteiger partial charge in [-0.3, -0.25) is 29.6 Å². The Morgan fingerprint density at radius 1 is 0.857 bits per heavy atom. The van der Waals surface area contributed by atoms with Gasteiger partial charge in [0.1, 0.15) is 35.3 Å². The zero-order chi connectivity index (χ0) is 43.5. The lowest BCUT2D eigenvalue weighted by Gasteiger charge is -2.36. The number of carbonyl (C=O) groups is 3. The standard InChI is InChI=1S/C47H60N12O4/c1-30(2)59-46-41(45(48)50-29-51-46)42(54-59)43-40(44(63-55-43)32-9-10-32)36-16-11-33(28-49-36)31-19-22-58(23-20-31)39(61)8-6-4-3-5-7-21-56-24-26-57(27-25-56)35-14-12-34(13-15-35)52-37-17-18-38(60)53-47(37)62/h11-16,28-32,37,52H,3-10,17-27H2,1-2H3,(H2,48,50,51)(H,53,60,62). The number of piperidine rings is 2. The van der Waals surface area contributed by atoms with E-state index in [1.54, 1.807) is 0 Å². The minimum absolute atomic E-state index is 0.0633. The van der Waals surface area contributed by atoms with Gasteiger partial charge in [0.2, 0.25) is 17.7 Å². The van der Waals surface area contributed by atoms with E-state index in [0.29, 0.717) is 59.3 Å². The highest BCUT2D eigenvalue weighted by Crippen LogP contribution is 2.48. The van der Waals surface area contributed by atoms with Crippen molar-refractivity contribution in [2.75, 3.05) is 61.8 Å². The fourth-order valence-electron chi connectivity index (χ4n) is 9.44. The predicted octanol–water partition coefficient (Wildman–Crippen LogP) is 6.67. The summed E-state index contributed by atoms with van der Waals surface area (Å²) < 4.78 is 7.86. The van der Waals surface area contributed by atoms with E-state index in [1.807, 2.05) is 23.0 Å². The molecule has 4 N–H and O–H groups in total. The summed E-state index contributed by atoms with van der Waals surface area (Å²) in [6.07, 6.45) is 14.5. The zero-order valence-corrected chi connectivity index (χ0v) is 36.6. The number of rotatable bonds is 16. The van der Waals surface area contributed by atoms with E-state index in [1.165, 1.54) is 30.4 Å². The molecule has 0 radical (unpaired) electrons. The number of benzene rings is 1. The van der Waals surface area contributed by atoms with Crippen molar-refractivity contribution in [3.8, 4) is 22.6 Å². The van der Waals surface area contributed by atoms with Crippen molar-refractivity contribution in [1.29, 1.82) is 0 Å². The average molecular weight is 857 g/mol. The number of carbonyl (C=O) groups excluding carboxylic acids is 3. The molecule has 1 atom stereocenters. The van der Waals surface area contributed by atoms with Gasteiger partial charge in [0, 0.05) is 81.6 Å². The van der Waals surface area contributed by atoms with Crippen LogP contribution in [0.25, 0.3) is 33.7 Å². The van der Waals surface area contributed by atoms with E-state index >= 15 is 0 Å². The molecule has 332 valence electrons. The summed E-state index contributed by atoms with van der Waals surface area (Å²) in [6.45, 7) is 10.9. The van der Waals surface area contributed by atoms with Gasteiger partial charge in [-0.15, -0.1) is 0 Å². The minimum atomic E-state index is -0.373. The van der Waals surface area contributed by atoms with Crippen molar-refractivity contribution in [2.24, 2.45) is 0 Å². The Bertz CT molecular complexity index is 2390. The highest BCUT2D eigenvalue weighted by molar-refractivity contribution is 6.02. The van der Waals surface area contributed by atoms with Crippen LogP contribution in [-0.4, -0.2) is 109 Å². The van der Waals surface area contributed by atoms with Gasteiger partial charge in [-0.1, -0.05) is 30.5 Å². The molecule has 1 unspecified atom stereocenters. The third kappa shape index (κ3) is 9.55. The lowest BCUT2D eigenvalue weighted by atomic mass is 9.90. The first-order chi connectivity index (χ1) is 30.7. The van der Waals surface area contributed by atoms with Crippen LogP contribution in [0.1, 0.15) is 120 Å². The monoisotopic (exact) mass is 856 g/mol. The molecule has 0 spiro atoms. The molecule has 5 aromatic rings. The molecule has 63 heavy (non-hydrogen) atoms.